The lowest BCUT2D eigenvalue weighted by Gasteiger charge is -2.33. The molecule has 11 nitrogen and oxygen atoms in total. The highest BCUT2D eigenvalue weighted by Crippen LogP contribution is 2.30. The zero-order valence-corrected chi connectivity index (χ0v) is 23.3. The lowest BCUT2D eigenvalue weighted by atomic mass is 10.1. The molecule has 2 aliphatic rings. The van der Waals surface area contributed by atoms with E-state index >= 15 is 0 Å². The molecule has 3 aromatic rings. The van der Waals surface area contributed by atoms with Gasteiger partial charge in [-0.15, -0.1) is 0 Å². The number of nitrogens with two attached hydrogens (primary N) is 1. The predicted molar refractivity (Wildman–Crippen MR) is 160 cm³/mol. The summed E-state index contributed by atoms with van der Waals surface area (Å²) in [5, 5.41) is 3.38. The Hall–Kier alpha value is -3.64. The van der Waals surface area contributed by atoms with Crippen LogP contribution in [0.5, 0.6) is 5.75 Å². The summed E-state index contributed by atoms with van der Waals surface area (Å²) in [6, 6.07) is 14.4. The summed E-state index contributed by atoms with van der Waals surface area (Å²) in [7, 11) is 1.66. The third-order valence-corrected chi connectivity index (χ3v) is 7.03. The van der Waals surface area contributed by atoms with Crippen molar-refractivity contribution in [2.45, 2.75) is 26.5 Å². The molecular weight excluding hydrogens is 510 g/mol. The molecule has 1 aromatic heterocycles. The van der Waals surface area contributed by atoms with Crippen molar-refractivity contribution in [3.05, 3.63) is 59.8 Å². The fourth-order valence-corrected chi connectivity index (χ4v) is 4.92. The molecule has 0 atom stereocenters. The third kappa shape index (κ3) is 6.92. The van der Waals surface area contributed by atoms with E-state index in [4.69, 9.17) is 29.7 Å². The minimum atomic E-state index is 0. The number of nitrogens with one attached hydrogen (secondary N) is 1. The molecule has 218 valence electrons. The smallest absolute Gasteiger partial charge is 0.229 e. The van der Waals surface area contributed by atoms with E-state index < -0.39 is 0 Å². The highest BCUT2D eigenvalue weighted by Gasteiger charge is 2.21. The van der Waals surface area contributed by atoms with E-state index in [2.05, 4.69) is 62.3 Å². The first-order chi connectivity index (χ1) is 19.7. The van der Waals surface area contributed by atoms with Crippen molar-refractivity contribution in [1.29, 1.82) is 0 Å². The van der Waals surface area contributed by atoms with Crippen molar-refractivity contribution in [3.63, 3.8) is 0 Å². The molecule has 0 saturated carbocycles. The Balaban J connectivity index is 0.00000242. The number of methoxy groups -OCH3 is 1. The molecular formula is C29H43N7O4. The van der Waals surface area contributed by atoms with Crippen molar-refractivity contribution in [1.82, 2.24) is 9.97 Å². The molecule has 2 aromatic carbocycles. The van der Waals surface area contributed by atoms with Gasteiger partial charge < -0.3 is 44.7 Å². The SMILES string of the molecule is CCN1COCN(c2cc(COCN)cc(OC)c2)Cc2cnc(Nc3ccc(N4CCCOCC4)cc3)nc21.[HH].[HH]. The van der Waals surface area contributed by atoms with E-state index in [1.165, 1.54) is 5.69 Å². The van der Waals surface area contributed by atoms with Crippen molar-refractivity contribution >= 4 is 28.8 Å². The molecule has 0 aliphatic carbocycles. The molecule has 5 rings (SSSR count). The van der Waals surface area contributed by atoms with Crippen LogP contribution in [0.1, 0.15) is 27.3 Å². The number of anilines is 5. The van der Waals surface area contributed by atoms with Gasteiger partial charge >= 0.3 is 0 Å². The maximum absolute atomic E-state index is 6.10. The van der Waals surface area contributed by atoms with E-state index in [1.54, 1.807) is 7.11 Å². The van der Waals surface area contributed by atoms with Crippen molar-refractivity contribution in [2.75, 3.05) is 80.2 Å². The quantitative estimate of drug-likeness (QED) is 0.373. The number of ether oxygens (including phenoxy) is 4. The van der Waals surface area contributed by atoms with Gasteiger partial charge in [-0.1, -0.05) is 0 Å². The lowest BCUT2D eigenvalue weighted by Crippen LogP contribution is -2.36. The number of benzene rings is 2. The van der Waals surface area contributed by atoms with Gasteiger partial charge in [-0.2, -0.15) is 4.98 Å². The summed E-state index contributed by atoms with van der Waals surface area (Å²) in [6.45, 7) is 8.33. The maximum atomic E-state index is 6.10. The van der Waals surface area contributed by atoms with Gasteiger partial charge in [0.05, 0.1) is 33.6 Å². The zero-order valence-electron chi connectivity index (χ0n) is 23.3. The van der Waals surface area contributed by atoms with E-state index in [0.29, 0.717) is 32.6 Å². The van der Waals surface area contributed by atoms with Crippen LogP contribution in [-0.4, -0.2) is 70.1 Å². The van der Waals surface area contributed by atoms with Crippen LogP contribution in [0, 0.1) is 0 Å². The number of nitrogens with zero attached hydrogens (tertiary/aromatic N) is 5. The van der Waals surface area contributed by atoms with E-state index in [1.807, 2.05) is 18.3 Å². The van der Waals surface area contributed by atoms with Crippen LogP contribution in [-0.2, 0) is 27.4 Å². The number of hydrogen-bond acceptors (Lipinski definition) is 11. The Kier molecular flexibility index (Phi) is 9.50. The molecule has 11 heteroatoms. The van der Waals surface area contributed by atoms with Crippen molar-refractivity contribution in [3.8, 4) is 5.75 Å². The second-order valence-electron chi connectivity index (χ2n) is 9.74. The largest absolute Gasteiger partial charge is 0.497 e. The minimum absolute atomic E-state index is 0. The van der Waals surface area contributed by atoms with Gasteiger partial charge in [0, 0.05) is 64.0 Å². The van der Waals surface area contributed by atoms with Crippen LogP contribution < -0.4 is 30.5 Å². The van der Waals surface area contributed by atoms with Crippen LogP contribution >= 0.6 is 0 Å². The van der Waals surface area contributed by atoms with Crippen LogP contribution in [0.2, 0.25) is 0 Å². The molecule has 0 amide bonds. The molecule has 2 aliphatic heterocycles. The molecule has 3 heterocycles. The summed E-state index contributed by atoms with van der Waals surface area (Å²) in [5.74, 6) is 2.14. The average molecular weight is 554 g/mol. The maximum Gasteiger partial charge on any atom is 0.229 e. The Morgan fingerprint density at radius 3 is 2.70 bits per heavy atom. The molecule has 0 bridgehead atoms. The number of hydrogen-bond donors (Lipinski definition) is 2. The zero-order chi connectivity index (χ0) is 27.7. The van der Waals surface area contributed by atoms with Gasteiger partial charge in [0.2, 0.25) is 5.95 Å². The van der Waals surface area contributed by atoms with Gasteiger partial charge in [0.1, 0.15) is 25.0 Å². The molecule has 1 saturated heterocycles. The molecule has 0 spiro atoms. The van der Waals surface area contributed by atoms with E-state index in [0.717, 1.165) is 73.3 Å². The fourth-order valence-electron chi connectivity index (χ4n) is 4.92. The first-order valence-electron chi connectivity index (χ1n) is 13.8. The Labute approximate surface area is 238 Å². The van der Waals surface area contributed by atoms with E-state index in [-0.39, 0.29) is 9.58 Å². The van der Waals surface area contributed by atoms with E-state index in [9.17, 15) is 0 Å². The van der Waals surface area contributed by atoms with Crippen LogP contribution in [0.3, 0.4) is 0 Å². The van der Waals surface area contributed by atoms with Gasteiger partial charge in [-0.3, -0.25) is 0 Å². The third-order valence-electron chi connectivity index (χ3n) is 7.03. The summed E-state index contributed by atoms with van der Waals surface area (Å²) >= 11 is 0. The molecule has 0 unspecified atom stereocenters. The summed E-state index contributed by atoms with van der Waals surface area (Å²) in [4.78, 5) is 16.2. The molecule has 1 fully saturated rings. The van der Waals surface area contributed by atoms with Crippen molar-refractivity contribution in [2.24, 2.45) is 5.73 Å². The summed E-state index contributed by atoms with van der Waals surface area (Å²) in [5.41, 5.74) is 10.6. The van der Waals surface area contributed by atoms with Gasteiger partial charge in [-0.25, -0.2) is 4.98 Å². The van der Waals surface area contributed by atoms with Crippen LogP contribution in [0.4, 0.5) is 28.8 Å². The molecule has 0 radical (unpaired) electrons. The number of aromatic nitrogens is 2. The second-order valence-corrected chi connectivity index (χ2v) is 9.74. The van der Waals surface area contributed by atoms with Crippen LogP contribution in [0.15, 0.2) is 48.7 Å². The monoisotopic (exact) mass is 553 g/mol. The van der Waals surface area contributed by atoms with Crippen LogP contribution in [0.25, 0.3) is 0 Å². The number of rotatable bonds is 9. The topological polar surface area (TPSA) is 110 Å². The standard InChI is InChI=1S/C29H39N7O4.2H2/c1-3-34-20-40-21-36(26-13-22(18-39-19-30)14-27(15-26)37-2)17-23-16-31-29(33-28(23)34)32-24-5-7-25(8-6-24)35-9-4-11-38-12-10-35;;/h5-8,13-16H,3-4,9-12,17-21,30H2,1-2H3,(H,31,32,33);2*1H. The Morgan fingerprint density at radius 1 is 1.02 bits per heavy atom. The fraction of sp³-hybridized carbons (Fsp3) is 0.448. The first-order valence-corrected chi connectivity index (χ1v) is 13.8. The summed E-state index contributed by atoms with van der Waals surface area (Å²) in [6.07, 6.45) is 2.94. The second kappa shape index (κ2) is 13.6. The molecule has 40 heavy (non-hydrogen) atoms. The average Bonchev–Trinajstić information content (AvgIpc) is 3.27. The summed E-state index contributed by atoms with van der Waals surface area (Å²) < 4.78 is 22.7. The van der Waals surface area contributed by atoms with Gasteiger partial charge in [-0.05, 0) is 55.3 Å². The minimum Gasteiger partial charge on any atom is -0.497 e. The first kappa shape index (κ1) is 27.9. The van der Waals surface area contributed by atoms with Gasteiger partial charge in [0.25, 0.3) is 0 Å². The Bertz CT molecular complexity index is 1250. The van der Waals surface area contributed by atoms with Gasteiger partial charge in [0.15, 0.2) is 0 Å². The Morgan fingerprint density at radius 2 is 1.90 bits per heavy atom. The molecule has 3 N–H and O–H groups in total. The predicted octanol–water partition coefficient (Wildman–Crippen LogP) is 4.16. The number of fused-ring (bicyclic) bond motifs is 1. The highest BCUT2D eigenvalue weighted by atomic mass is 16.5. The lowest BCUT2D eigenvalue weighted by molar-refractivity contribution is 0.126. The normalized spacial score (nSPS) is 16.1. The highest BCUT2D eigenvalue weighted by molar-refractivity contribution is 5.62. The van der Waals surface area contributed by atoms with Crippen molar-refractivity contribution < 1.29 is 21.8 Å².